The normalized spacial score (nSPS) is 28.1. The summed E-state index contributed by atoms with van der Waals surface area (Å²) >= 11 is 0. The number of aromatic hydroxyl groups is 1. The van der Waals surface area contributed by atoms with Crippen molar-refractivity contribution in [3.05, 3.63) is 102 Å². The average molecular weight is 622 g/mol. The van der Waals surface area contributed by atoms with Gasteiger partial charge >= 0.3 is 0 Å². The number of hydrogen-bond acceptors (Lipinski definition) is 6. The molecule has 2 N–H and O–H groups in total. The molecule has 7 nitrogen and oxygen atoms in total. The number of rotatable bonds is 6. The first-order valence-corrected chi connectivity index (χ1v) is 17.1. The van der Waals surface area contributed by atoms with E-state index in [1.54, 1.807) is 6.07 Å². The van der Waals surface area contributed by atoms with Crippen LogP contribution in [0.25, 0.3) is 0 Å². The third kappa shape index (κ3) is 5.42. The molecular weight excluding hydrogens is 574 g/mol. The Labute approximate surface area is 273 Å². The second-order valence-corrected chi connectivity index (χ2v) is 13.7. The van der Waals surface area contributed by atoms with Crippen molar-refractivity contribution in [2.45, 2.75) is 75.2 Å². The van der Waals surface area contributed by atoms with Crippen molar-refractivity contribution in [1.82, 2.24) is 9.80 Å². The Morgan fingerprint density at radius 2 is 1.70 bits per heavy atom. The van der Waals surface area contributed by atoms with Gasteiger partial charge in [0.1, 0.15) is 12.2 Å². The fourth-order valence-electron chi connectivity index (χ4n) is 8.89. The molecule has 8 rings (SSSR count). The minimum atomic E-state index is -0.594. The van der Waals surface area contributed by atoms with Gasteiger partial charge in [-0.3, -0.25) is 4.79 Å². The molecule has 2 fully saturated rings. The quantitative estimate of drug-likeness (QED) is 0.363. The molecule has 3 heterocycles. The predicted octanol–water partition coefficient (Wildman–Crippen LogP) is 5.33. The molecule has 242 valence electrons. The van der Waals surface area contributed by atoms with Gasteiger partial charge in [0.15, 0.2) is 11.5 Å². The zero-order valence-electron chi connectivity index (χ0n) is 27.1. The largest absolute Gasteiger partial charge is 0.504 e. The highest BCUT2D eigenvalue weighted by molar-refractivity contribution is 5.93. The van der Waals surface area contributed by atoms with Crippen LogP contribution < -0.4 is 9.64 Å². The zero-order chi connectivity index (χ0) is 31.8. The number of likely N-dealkylation sites (tertiary alicyclic amines) is 2. The number of benzene rings is 3. The number of anilines is 1. The second-order valence-electron chi connectivity index (χ2n) is 13.7. The number of nitrogens with zero attached hydrogens (tertiary/aromatic N) is 3. The minimum absolute atomic E-state index is 0.160. The maximum Gasteiger partial charge on any atom is 0.226 e. The second kappa shape index (κ2) is 12.9. The number of amides is 1. The molecule has 46 heavy (non-hydrogen) atoms. The smallest absolute Gasteiger partial charge is 0.226 e. The lowest BCUT2D eigenvalue weighted by Crippen LogP contribution is -2.64. The van der Waals surface area contributed by atoms with Gasteiger partial charge in [0, 0.05) is 60.7 Å². The van der Waals surface area contributed by atoms with Gasteiger partial charge in [-0.15, -0.1) is 0 Å². The molecule has 3 aromatic carbocycles. The number of carbonyl (C=O) groups is 1. The van der Waals surface area contributed by atoms with Crippen molar-refractivity contribution < 1.29 is 19.7 Å². The molecule has 0 aromatic heterocycles. The number of phenolic OH excluding ortho intramolecular Hbond substituents is 1. The predicted molar refractivity (Wildman–Crippen MR) is 181 cm³/mol. The Hall–Kier alpha value is -3.65. The van der Waals surface area contributed by atoms with E-state index in [2.05, 4.69) is 65.4 Å². The molecule has 0 unspecified atom stereocenters. The first kappa shape index (κ1) is 31.0. The number of aliphatic hydroxyl groups is 1. The Morgan fingerprint density at radius 3 is 2.41 bits per heavy atom. The van der Waals surface area contributed by atoms with Crippen molar-refractivity contribution in [3.63, 3.8) is 0 Å². The van der Waals surface area contributed by atoms with Crippen LogP contribution in [0, 0.1) is 5.92 Å². The van der Waals surface area contributed by atoms with Crippen LogP contribution in [0.2, 0.25) is 0 Å². The van der Waals surface area contributed by atoms with E-state index in [1.807, 2.05) is 42.2 Å². The number of piperidine rings is 2. The molecule has 1 spiro atoms. The third-order valence-electron chi connectivity index (χ3n) is 11.2. The van der Waals surface area contributed by atoms with Crippen LogP contribution in [0.15, 0.2) is 84.9 Å². The number of carbonyl (C=O) groups excluding carboxylic acids is 1. The van der Waals surface area contributed by atoms with E-state index < -0.39 is 6.10 Å². The Bertz CT molecular complexity index is 1550. The molecule has 7 heteroatoms. The maximum absolute atomic E-state index is 12.5. The van der Waals surface area contributed by atoms with Crippen LogP contribution >= 0.6 is 0 Å². The standard InChI is InChI=1S/C22H28N2O.C17H19NO3/c1-2-22(25)24(20-11-7-4-8-12-20)21-14-17-23(18-15-21)16-13-19-9-5-3-6-10-19;1-18-7-6-17-10-3-5-13(20)16(17)21-15-12(19)4-2-9(14(15)17)8-11(10)18/h3-12,21H,2,13-18H2,1H3;2-5,10-11,13,16,19-20H,6-8H2,1H3/t;10-,11+,13-,16-,17-/m.0/s1. The Kier molecular flexibility index (Phi) is 8.66. The van der Waals surface area contributed by atoms with E-state index in [9.17, 15) is 15.0 Å². The van der Waals surface area contributed by atoms with Crippen LogP contribution in [0.3, 0.4) is 0 Å². The van der Waals surface area contributed by atoms with E-state index in [0.29, 0.717) is 30.2 Å². The summed E-state index contributed by atoms with van der Waals surface area (Å²) in [5.41, 5.74) is 4.73. The molecule has 0 saturated carbocycles. The highest BCUT2D eigenvalue weighted by Crippen LogP contribution is 2.62. The molecule has 2 aliphatic carbocycles. The first-order valence-electron chi connectivity index (χ1n) is 17.1. The van der Waals surface area contributed by atoms with Gasteiger partial charge < -0.3 is 29.6 Å². The van der Waals surface area contributed by atoms with Crippen LogP contribution in [0.5, 0.6) is 11.5 Å². The lowest BCUT2D eigenvalue weighted by molar-refractivity contribution is -0.119. The topological polar surface area (TPSA) is 76.5 Å². The van der Waals surface area contributed by atoms with Gasteiger partial charge in [-0.2, -0.15) is 0 Å². The van der Waals surface area contributed by atoms with E-state index in [1.165, 1.54) is 16.7 Å². The number of para-hydroxylation sites is 1. The van der Waals surface area contributed by atoms with E-state index in [-0.39, 0.29) is 23.2 Å². The maximum atomic E-state index is 12.5. The molecule has 2 bridgehead atoms. The zero-order valence-corrected chi connectivity index (χ0v) is 27.1. The molecule has 3 aliphatic heterocycles. The van der Waals surface area contributed by atoms with Gasteiger partial charge in [-0.25, -0.2) is 0 Å². The van der Waals surface area contributed by atoms with Crippen molar-refractivity contribution in [2.75, 3.05) is 38.1 Å². The number of likely N-dealkylation sites (N-methyl/N-ethyl adjacent to an activating group) is 1. The van der Waals surface area contributed by atoms with E-state index in [4.69, 9.17) is 4.74 Å². The van der Waals surface area contributed by atoms with Crippen LogP contribution in [0.1, 0.15) is 49.3 Å². The minimum Gasteiger partial charge on any atom is -0.504 e. The molecule has 5 atom stereocenters. The number of ether oxygens (including phenoxy) is 1. The monoisotopic (exact) mass is 621 g/mol. The molecular formula is C39H47N3O4. The van der Waals surface area contributed by atoms with Crippen LogP contribution in [0.4, 0.5) is 5.69 Å². The molecule has 0 radical (unpaired) electrons. The number of phenols is 1. The molecule has 5 aliphatic rings. The first-order chi connectivity index (χ1) is 22.4. The number of hydrogen-bond donors (Lipinski definition) is 2. The summed E-state index contributed by atoms with van der Waals surface area (Å²) in [5.74, 6) is 1.42. The van der Waals surface area contributed by atoms with Crippen molar-refractivity contribution in [3.8, 4) is 11.5 Å². The summed E-state index contributed by atoms with van der Waals surface area (Å²) in [6.45, 7) is 6.20. The van der Waals surface area contributed by atoms with Crippen molar-refractivity contribution in [1.29, 1.82) is 0 Å². The molecule has 2 saturated heterocycles. The van der Waals surface area contributed by atoms with Crippen LogP contribution in [-0.4, -0.2) is 83.4 Å². The molecule has 1 amide bonds. The van der Waals surface area contributed by atoms with Gasteiger partial charge in [0.05, 0.1) is 0 Å². The lowest BCUT2D eigenvalue weighted by atomic mass is 9.53. The number of aliphatic hydroxyl groups excluding tert-OH is 1. The summed E-state index contributed by atoms with van der Waals surface area (Å²) in [5, 5.41) is 20.6. The summed E-state index contributed by atoms with van der Waals surface area (Å²) in [6, 6.07) is 25.4. The highest BCUT2D eigenvalue weighted by atomic mass is 16.5. The third-order valence-corrected chi connectivity index (χ3v) is 11.2. The van der Waals surface area contributed by atoms with Crippen molar-refractivity contribution in [2.24, 2.45) is 5.92 Å². The summed E-state index contributed by atoms with van der Waals surface area (Å²) in [6.07, 6.45) is 8.94. The molecule has 3 aromatic rings. The fraction of sp³-hybridized carbons (Fsp3) is 0.462. The fourth-order valence-corrected chi connectivity index (χ4v) is 8.89. The summed E-state index contributed by atoms with van der Waals surface area (Å²) in [7, 11) is 2.19. The van der Waals surface area contributed by atoms with Gasteiger partial charge in [-0.05, 0) is 75.0 Å². The van der Waals surface area contributed by atoms with Crippen LogP contribution in [-0.2, 0) is 23.1 Å². The Morgan fingerprint density at radius 1 is 0.978 bits per heavy atom. The SMILES string of the molecule is CCC(=O)N(c1ccccc1)C1CCN(CCc2ccccc2)CC1.CN1CC[C@]23c4c5ccc(O)c4O[C@H]2[C@@H](O)C=C[C@H]3[C@H]1C5. The summed E-state index contributed by atoms with van der Waals surface area (Å²) < 4.78 is 6.09. The lowest BCUT2D eigenvalue weighted by Gasteiger charge is -2.56. The Balaban J connectivity index is 0.000000149. The van der Waals surface area contributed by atoms with E-state index >= 15 is 0 Å². The van der Waals surface area contributed by atoms with Gasteiger partial charge in [0.25, 0.3) is 0 Å². The van der Waals surface area contributed by atoms with Crippen molar-refractivity contribution >= 4 is 11.6 Å². The highest BCUT2D eigenvalue weighted by Gasteiger charge is 2.64. The van der Waals surface area contributed by atoms with Gasteiger partial charge in [-0.1, -0.05) is 73.7 Å². The average Bonchev–Trinajstić information content (AvgIpc) is 3.46. The van der Waals surface area contributed by atoms with E-state index in [0.717, 1.165) is 64.0 Å². The van der Waals surface area contributed by atoms with Gasteiger partial charge in [0.2, 0.25) is 5.91 Å². The summed E-state index contributed by atoms with van der Waals surface area (Å²) in [4.78, 5) is 19.5.